The molecule has 0 aliphatic carbocycles. The van der Waals surface area contributed by atoms with Crippen molar-refractivity contribution in [1.29, 1.82) is 0 Å². The number of rotatable bonds is 6. The molecule has 1 aliphatic rings. The molecule has 180 valence electrons. The highest BCUT2D eigenvalue weighted by Crippen LogP contribution is 2.31. The molecule has 1 fully saturated rings. The van der Waals surface area contributed by atoms with Crippen LogP contribution >= 0.6 is 11.3 Å². The summed E-state index contributed by atoms with van der Waals surface area (Å²) in [4.78, 5) is 27.5. The van der Waals surface area contributed by atoms with E-state index >= 15 is 0 Å². The number of carbonyl (C=O) groups is 2. The average molecular weight is 482 g/mol. The summed E-state index contributed by atoms with van der Waals surface area (Å²) in [5, 5.41) is 18.9. The number of nitrogens with zero attached hydrogens (tertiary/aromatic N) is 3. The Morgan fingerprint density at radius 3 is 2.47 bits per heavy atom. The number of hydrogen-bond acceptors (Lipinski definition) is 9. The third-order valence-corrected chi connectivity index (χ3v) is 6.76. The SMILES string of the molecule is COC1CN(C/C=C/c2ccccc2)CCC1N(C)c1nc2ccccc2s1.O=C([O-])C(=O)[O-]. The number of anilines is 1. The first kappa shape index (κ1) is 25.4. The van der Waals surface area contributed by atoms with Gasteiger partial charge < -0.3 is 29.4 Å². The van der Waals surface area contributed by atoms with Gasteiger partial charge in [0.2, 0.25) is 0 Å². The number of thiazole rings is 1. The van der Waals surface area contributed by atoms with E-state index in [4.69, 9.17) is 29.5 Å². The second kappa shape index (κ2) is 12.3. The number of carboxylic acids is 2. The summed E-state index contributed by atoms with van der Waals surface area (Å²) in [5.74, 6) is -4.37. The van der Waals surface area contributed by atoms with Gasteiger partial charge in [-0.1, -0.05) is 66.0 Å². The maximum atomic E-state index is 8.93. The van der Waals surface area contributed by atoms with Gasteiger partial charge >= 0.3 is 0 Å². The van der Waals surface area contributed by atoms with Gasteiger partial charge in [-0.25, -0.2) is 4.98 Å². The van der Waals surface area contributed by atoms with E-state index < -0.39 is 11.9 Å². The number of carboxylic acid groups (broad SMARTS) is 2. The lowest BCUT2D eigenvalue weighted by Crippen LogP contribution is -2.54. The van der Waals surface area contributed by atoms with Crippen LogP contribution in [0.25, 0.3) is 16.3 Å². The maximum Gasteiger partial charge on any atom is 0.186 e. The van der Waals surface area contributed by atoms with Crippen molar-refractivity contribution in [3.8, 4) is 0 Å². The number of para-hydroxylation sites is 1. The van der Waals surface area contributed by atoms with Crippen LogP contribution in [0.1, 0.15) is 12.0 Å². The van der Waals surface area contributed by atoms with Crippen LogP contribution < -0.4 is 15.1 Å². The number of carbonyl (C=O) groups excluding carboxylic acids is 2. The van der Waals surface area contributed by atoms with Crippen LogP contribution in [-0.4, -0.2) is 67.8 Å². The van der Waals surface area contributed by atoms with E-state index in [1.807, 2.05) is 19.2 Å². The molecule has 1 aliphatic heterocycles. The smallest absolute Gasteiger partial charge is 0.186 e. The fourth-order valence-electron chi connectivity index (χ4n) is 3.86. The molecule has 0 N–H and O–H groups in total. The zero-order chi connectivity index (χ0) is 24.5. The van der Waals surface area contributed by atoms with Gasteiger partial charge in [-0.3, -0.25) is 4.90 Å². The topological polar surface area (TPSA) is 109 Å². The van der Waals surface area contributed by atoms with Gasteiger partial charge in [0.15, 0.2) is 5.13 Å². The number of likely N-dealkylation sites (tertiary alicyclic amines) is 1. The number of fused-ring (bicyclic) bond motifs is 1. The molecule has 3 aromatic rings. The quantitative estimate of drug-likeness (QED) is 0.480. The minimum Gasteiger partial charge on any atom is -0.543 e. The van der Waals surface area contributed by atoms with Crippen molar-refractivity contribution in [2.75, 3.05) is 38.7 Å². The molecular formula is C25H27N3O5S-2. The molecule has 0 radical (unpaired) electrons. The number of piperidine rings is 1. The number of likely N-dealkylation sites (N-methyl/N-ethyl adjacent to an activating group) is 1. The van der Waals surface area contributed by atoms with Crippen LogP contribution in [0.4, 0.5) is 5.13 Å². The average Bonchev–Trinajstić information content (AvgIpc) is 3.29. The van der Waals surface area contributed by atoms with Gasteiger partial charge in [-0.05, 0) is 24.1 Å². The highest BCUT2D eigenvalue weighted by molar-refractivity contribution is 7.22. The predicted octanol–water partition coefficient (Wildman–Crippen LogP) is 1.02. The Balaban J connectivity index is 0.000000481. The van der Waals surface area contributed by atoms with E-state index in [0.717, 1.165) is 36.7 Å². The number of aromatic nitrogens is 1. The van der Waals surface area contributed by atoms with Gasteiger partial charge in [0.05, 0.1) is 34.3 Å². The van der Waals surface area contributed by atoms with Crippen molar-refractivity contribution in [2.45, 2.75) is 18.6 Å². The lowest BCUT2D eigenvalue weighted by molar-refractivity contribution is -0.345. The fraction of sp³-hybridized carbons (Fsp3) is 0.320. The molecule has 1 saturated heterocycles. The summed E-state index contributed by atoms with van der Waals surface area (Å²) >= 11 is 1.76. The van der Waals surface area contributed by atoms with Gasteiger partial charge in [0.25, 0.3) is 0 Å². The molecule has 0 spiro atoms. The fourth-order valence-corrected chi connectivity index (χ4v) is 4.85. The lowest BCUT2D eigenvalue weighted by Gasteiger charge is -2.41. The van der Waals surface area contributed by atoms with Crippen molar-refractivity contribution < 1.29 is 24.5 Å². The molecule has 0 bridgehead atoms. The molecule has 0 saturated carbocycles. The van der Waals surface area contributed by atoms with E-state index in [0.29, 0.717) is 6.04 Å². The molecule has 4 rings (SSSR count). The van der Waals surface area contributed by atoms with Crippen molar-refractivity contribution >= 4 is 44.7 Å². The highest BCUT2D eigenvalue weighted by atomic mass is 32.1. The first-order valence-electron chi connectivity index (χ1n) is 10.9. The highest BCUT2D eigenvalue weighted by Gasteiger charge is 2.32. The molecule has 34 heavy (non-hydrogen) atoms. The van der Waals surface area contributed by atoms with E-state index in [1.165, 1.54) is 10.3 Å². The number of methoxy groups -OCH3 is 1. The maximum absolute atomic E-state index is 8.93. The Morgan fingerprint density at radius 1 is 1.15 bits per heavy atom. The largest absolute Gasteiger partial charge is 0.543 e. The number of aliphatic carboxylic acids is 2. The molecule has 8 nitrogen and oxygen atoms in total. The summed E-state index contributed by atoms with van der Waals surface area (Å²) < 4.78 is 7.12. The Hall–Kier alpha value is -3.27. The van der Waals surface area contributed by atoms with Gasteiger partial charge in [-0.2, -0.15) is 0 Å². The van der Waals surface area contributed by atoms with Crippen LogP contribution in [0.2, 0.25) is 0 Å². The van der Waals surface area contributed by atoms with Gasteiger partial charge in [0.1, 0.15) is 0 Å². The van der Waals surface area contributed by atoms with E-state index in [2.05, 4.69) is 71.5 Å². The van der Waals surface area contributed by atoms with Crippen LogP contribution in [0.3, 0.4) is 0 Å². The predicted molar refractivity (Wildman–Crippen MR) is 129 cm³/mol. The number of ether oxygens (including phenoxy) is 1. The Kier molecular flexibility index (Phi) is 9.15. The Labute approximate surface area is 202 Å². The summed E-state index contributed by atoms with van der Waals surface area (Å²) in [5.41, 5.74) is 2.32. The van der Waals surface area contributed by atoms with Crippen LogP contribution in [0, 0.1) is 0 Å². The first-order valence-corrected chi connectivity index (χ1v) is 11.7. The van der Waals surface area contributed by atoms with E-state index in [-0.39, 0.29) is 6.10 Å². The number of benzene rings is 2. The van der Waals surface area contributed by atoms with E-state index in [1.54, 1.807) is 11.3 Å². The monoisotopic (exact) mass is 481 g/mol. The second-order valence-electron chi connectivity index (χ2n) is 7.85. The van der Waals surface area contributed by atoms with Gasteiger partial charge in [-0.15, -0.1) is 0 Å². The van der Waals surface area contributed by atoms with Crippen LogP contribution in [0.15, 0.2) is 60.7 Å². The molecule has 2 atom stereocenters. The Morgan fingerprint density at radius 2 is 1.82 bits per heavy atom. The summed E-state index contributed by atoms with van der Waals surface area (Å²) in [6.45, 7) is 2.96. The third-order valence-electron chi connectivity index (χ3n) is 5.63. The lowest BCUT2D eigenvalue weighted by atomic mass is 10.0. The normalized spacial score (nSPS) is 18.4. The van der Waals surface area contributed by atoms with Crippen LogP contribution in [-0.2, 0) is 14.3 Å². The zero-order valence-electron chi connectivity index (χ0n) is 19.1. The minimum atomic E-state index is -2.19. The molecule has 2 heterocycles. The first-order chi connectivity index (χ1) is 16.4. The second-order valence-corrected chi connectivity index (χ2v) is 8.86. The molecular weight excluding hydrogens is 454 g/mol. The minimum absolute atomic E-state index is 0.177. The summed E-state index contributed by atoms with van der Waals surface area (Å²) in [6.07, 6.45) is 5.70. The Bertz CT molecular complexity index is 1070. The van der Waals surface area contributed by atoms with Crippen molar-refractivity contribution in [1.82, 2.24) is 9.88 Å². The van der Waals surface area contributed by atoms with Crippen molar-refractivity contribution in [2.24, 2.45) is 0 Å². The molecule has 0 amide bonds. The zero-order valence-corrected chi connectivity index (χ0v) is 19.9. The van der Waals surface area contributed by atoms with Crippen LogP contribution in [0.5, 0.6) is 0 Å². The van der Waals surface area contributed by atoms with E-state index in [9.17, 15) is 0 Å². The van der Waals surface area contributed by atoms with Crippen molar-refractivity contribution in [3.05, 3.63) is 66.2 Å². The summed E-state index contributed by atoms with van der Waals surface area (Å²) in [7, 11) is 3.98. The summed E-state index contributed by atoms with van der Waals surface area (Å²) in [6, 6.07) is 19.1. The van der Waals surface area contributed by atoms with Crippen molar-refractivity contribution in [3.63, 3.8) is 0 Å². The standard InChI is InChI=1S/C23H27N3OS.C2H2O4/c1-25(23-24-19-12-6-7-13-22(19)28-23)20-14-16-26(17-21(20)27-2)15-8-11-18-9-4-3-5-10-18;3-1(4)2(5)6/h3-13,20-21H,14-17H2,1-2H3;(H,3,4)(H,5,6)/p-2/b11-8+;. The molecule has 9 heteroatoms. The molecule has 2 aromatic carbocycles. The van der Waals surface area contributed by atoms with Gasteiger partial charge in [0, 0.05) is 33.8 Å². The molecule has 2 unspecified atom stereocenters. The molecule has 1 aromatic heterocycles. The number of hydrogen-bond donors (Lipinski definition) is 0. The third kappa shape index (κ3) is 6.86.